The van der Waals surface area contributed by atoms with Gasteiger partial charge in [0.2, 0.25) is 0 Å². The van der Waals surface area contributed by atoms with Crippen LogP contribution in [0.5, 0.6) is 5.75 Å². The zero-order valence-electron chi connectivity index (χ0n) is 23.5. The minimum atomic E-state index is -4.51. The van der Waals surface area contributed by atoms with Crippen LogP contribution in [0.4, 0.5) is 29.3 Å². The van der Waals surface area contributed by atoms with Gasteiger partial charge in [-0.05, 0) is 60.8 Å². The second kappa shape index (κ2) is 12.9. The van der Waals surface area contributed by atoms with Crippen molar-refractivity contribution in [1.82, 2.24) is 9.21 Å². The zero-order valence-corrected chi connectivity index (χ0v) is 25.1. The standard InChI is InChI=1S/C28H31F3N4O6S2/c1-17-14-35(18(2)16-36)26(37)22-13-21(33-27(38)32-20-8-6-19(7-9-20)28(29,30)31)10-11-23(22)41-24(17)15-34(3)43(39,40)25-5-4-12-42-25/h4-13,17-18,24,36H,14-16H2,1-3H3,(H2,32,33,38)/t17-,18+,24-/m0/s1. The van der Waals surface area contributed by atoms with Crippen molar-refractivity contribution < 1.29 is 41.0 Å². The first-order valence-corrected chi connectivity index (χ1v) is 15.5. The van der Waals surface area contributed by atoms with Crippen LogP contribution in [0.2, 0.25) is 0 Å². The van der Waals surface area contributed by atoms with E-state index in [9.17, 15) is 36.3 Å². The quantitative estimate of drug-likeness (QED) is 0.320. The highest BCUT2D eigenvalue weighted by Crippen LogP contribution is 2.32. The molecule has 1 aromatic heterocycles. The Balaban J connectivity index is 1.58. The summed E-state index contributed by atoms with van der Waals surface area (Å²) in [5, 5.41) is 16.5. The number of urea groups is 1. The summed E-state index contributed by atoms with van der Waals surface area (Å²) in [7, 11) is -2.33. The van der Waals surface area contributed by atoms with E-state index in [1.54, 1.807) is 18.4 Å². The third kappa shape index (κ3) is 7.47. The van der Waals surface area contributed by atoms with Crippen molar-refractivity contribution in [3.8, 4) is 5.75 Å². The molecular weight excluding hydrogens is 609 g/mol. The summed E-state index contributed by atoms with van der Waals surface area (Å²) in [6.07, 6.45) is -5.19. The summed E-state index contributed by atoms with van der Waals surface area (Å²) in [6, 6.07) is 10.1. The Morgan fingerprint density at radius 1 is 1.16 bits per heavy atom. The number of anilines is 2. The fraction of sp³-hybridized carbons (Fsp3) is 0.357. The van der Waals surface area contributed by atoms with Gasteiger partial charge in [0, 0.05) is 30.9 Å². The van der Waals surface area contributed by atoms with Crippen molar-refractivity contribution >= 4 is 44.7 Å². The van der Waals surface area contributed by atoms with Gasteiger partial charge in [0.25, 0.3) is 15.9 Å². The number of thiophene rings is 1. The van der Waals surface area contributed by atoms with Gasteiger partial charge in [-0.25, -0.2) is 13.2 Å². The first-order valence-electron chi connectivity index (χ1n) is 13.2. The number of nitrogens with one attached hydrogen (secondary N) is 2. The van der Waals surface area contributed by atoms with Gasteiger partial charge >= 0.3 is 12.2 Å². The lowest BCUT2D eigenvalue weighted by Gasteiger charge is -2.38. The Bertz CT molecular complexity index is 1550. The van der Waals surface area contributed by atoms with E-state index < -0.39 is 45.8 Å². The number of ether oxygens (including phenoxy) is 1. The lowest BCUT2D eigenvalue weighted by atomic mass is 9.99. The molecule has 1 aliphatic heterocycles. The van der Waals surface area contributed by atoms with E-state index in [1.807, 2.05) is 6.92 Å². The van der Waals surface area contributed by atoms with E-state index in [0.717, 1.165) is 35.6 Å². The minimum Gasteiger partial charge on any atom is -0.488 e. The van der Waals surface area contributed by atoms with Crippen LogP contribution in [-0.2, 0) is 16.2 Å². The highest BCUT2D eigenvalue weighted by atomic mass is 32.2. The van der Waals surface area contributed by atoms with Crippen molar-refractivity contribution in [3.05, 3.63) is 71.1 Å². The first kappa shape index (κ1) is 32.3. The zero-order chi connectivity index (χ0) is 31.5. The van der Waals surface area contributed by atoms with Gasteiger partial charge in [0.05, 0.1) is 30.3 Å². The maximum atomic E-state index is 13.6. The van der Waals surface area contributed by atoms with E-state index in [2.05, 4.69) is 10.6 Å². The van der Waals surface area contributed by atoms with E-state index in [0.29, 0.717) is 0 Å². The Morgan fingerprint density at radius 3 is 2.42 bits per heavy atom. The molecule has 10 nitrogen and oxygen atoms in total. The molecule has 0 radical (unpaired) electrons. The fourth-order valence-electron chi connectivity index (χ4n) is 4.47. The predicted molar refractivity (Wildman–Crippen MR) is 156 cm³/mol. The molecule has 4 rings (SSSR count). The van der Waals surface area contributed by atoms with Crippen LogP contribution in [0.15, 0.2) is 64.2 Å². The molecule has 43 heavy (non-hydrogen) atoms. The van der Waals surface area contributed by atoms with Crippen LogP contribution in [0.3, 0.4) is 0 Å². The Morgan fingerprint density at radius 2 is 1.81 bits per heavy atom. The van der Waals surface area contributed by atoms with Gasteiger partial charge in [0.1, 0.15) is 16.1 Å². The van der Waals surface area contributed by atoms with Crippen molar-refractivity contribution in [2.75, 3.05) is 37.4 Å². The number of nitrogens with zero attached hydrogens (tertiary/aromatic N) is 2. The SMILES string of the molecule is C[C@H](CO)N1C[C@H](C)[C@H](CN(C)S(=O)(=O)c2cccs2)Oc2ccc(NC(=O)Nc3ccc(C(F)(F)F)cc3)cc2C1=O. The van der Waals surface area contributed by atoms with E-state index >= 15 is 0 Å². The predicted octanol–water partition coefficient (Wildman–Crippen LogP) is 4.95. The molecule has 0 fully saturated rings. The van der Waals surface area contributed by atoms with Gasteiger partial charge in [-0.1, -0.05) is 13.0 Å². The highest BCUT2D eigenvalue weighted by Gasteiger charge is 2.35. The second-order valence-electron chi connectivity index (χ2n) is 10.2. The number of aliphatic hydroxyl groups excluding tert-OH is 1. The number of amides is 3. The number of carbonyl (C=O) groups is 2. The number of benzene rings is 2. The molecule has 232 valence electrons. The molecule has 3 atom stereocenters. The van der Waals surface area contributed by atoms with Gasteiger partial charge in [0.15, 0.2) is 0 Å². The number of sulfonamides is 1. The van der Waals surface area contributed by atoms with Gasteiger partial charge in [-0.2, -0.15) is 17.5 Å². The smallest absolute Gasteiger partial charge is 0.416 e. The topological polar surface area (TPSA) is 128 Å². The monoisotopic (exact) mass is 640 g/mol. The summed E-state index contributed by atoms with van der Waals surface area (Å²) >= 11 is 1.10. The molecule has 0 bridgehead atoms. The third-order valence-corrected chi connectivity index (χ3v) is 10.2. The maximum absolute atomic E-state index is 13.6. The molecule has 0 unspecified atom stereocenters. The Labute approximate surface area is 251 Å². The van der Waals surface area contributed by atoms with E-state index in [4.69, 9.17) is 4.74 Å². The summed E-state index contributed by atoms with van der Waals surface area (Å²) in [4.78, 5) is 27.7. The minimum absolute atomic E-state index is 0.0219. The molecule has 15 heteroatoms. The largest absolute Gasteiger partial charge is 0.488 e. The average Bonchev–Trinajstić information content (AvgIpc) is 3.51. The van der Waals surface area contributed by atoms with Gasteiger partial charge in [-0.3, -0.25) is 4.79 Å². The molecule has 0 saturated heterocycles. The number of hydrogen-bond acceptors (Lipinski definition) is 7. The molecular formula is C28H31F3N4O6S2. The summed E-state index contributed by atoms with van der Waals surface area (Å²) in [5.74, 6) is -0.639. The molecule has 3 aromatic rings. The lowest BCUT2D eigenvalue weighted by Crippen LogP contribution is -2.50. The van der Waals surface area contributed by atoms with Crippen LogP contribution in [0, 0.1) is 5.92 Å². The fourth-order valence-corrected chi connectivity index (χ4v) is 6.85. The van der Waals surface area contributed by atoms with Crippen molar-refractivity contribution in [2.24, 2.45) is 5.92 Å². The van der Waals surface area contributed by atoms with E-state index in [1.165, 1.54) is 40.5 Å². The number of rotatable bonds is 8. The van der Waals surface area contributed by atoms with Crippen LogP contribution in [0.1, 0.15) is 29.8 Å². The molecule has 1 aliphatic rings. The summed E-state index contributed by atoms with van der Waals surface area (Å²) in [6.45, 7) is 3.32. The first-order chi connectivity index (χ1) is 20.2. The molecule has 3 N–H and O–H groups in total. The second-order valence-corrected chi connectivity index (χ2v) is 13.4. The molecule has 3 amide bonds. The molecule has 2 aromatic carbocycles. The van der Waals surface area contributed by atoms with Crippen molar-refractivity contribution in [2.45, 2.75) is 36.4 Å². The third-order valence-electron chi connectivity index (χ3n) is 6.99. The lowest BCUT2D eigenvalue weighted by molar-refractivity contribution is -0.137. The molecule has 2 heterocycles. The maximum Gasteiger partial charge on any atom is 0.416 e. The van der Waals surface area contributed by atoms with Crippen LogP contribution in [-0.4, -0.2) is 73.6 Å². The van der Waals surface area contributed by atoms with E-state index in [-0.39, 0.29) is 52.5 Å². The molecule has 0 saturated carbocycles. The number of carbonyl (C=O) groups excluding carboxylic acids is 2. The Hall–Kier alpha value is -3.66. The van der Waals surface area contributed by atoms with Crippen molar-refractivity contribution in [3.63, 3.8) is 0 Å². The summed E-state index contributed by atoms with van der Waals surface area (Å²) in [5.41, 5.74) is -0.464. The number of hydrogen-bond donors (Lipinski definition) is 3. The van der Waals surface area contributed by atoms with Crippen LogP contribution < -0.4 is 15.4 Å². The van der Waals surface area contributed by atoms with Crippen LogP contribution in [0.25, 0.3) is 0 Å². The molecule has 0 aliphatic carbocycles. The number of aliphatic hydroxyl groups is 1. The average molecular weight is 641 g/mol. The number of alkyl halides is 3. The number of likely N-dealkylation sites (N-methyl/N-ethyl adjacent to an activating group) is 1. The Kier molecular flexibility index (Phi) is 9.69. The normalized spacial score (nSPS) is 18.3. The number of halogens is 3. The number of fused-ring (bicyclic) bond motifs is 1. The van der Waals surface area contributed by atoms with Gasteiger partial charge < -0.3 is 25.4 Å². The van der Waals surface area contributed by atoms with Gasteiger partial charge in [-0.15, -0.1) is 11.3 Å². The van der Waals surface area contributed by atoms with Crippen molar-refractivity contribution in [1.29, 1.82) is 0 Å². The van der Waals surface area contributed by atoms with Crippen LogP contribution >= 0.6 is 11.3 Å². The molecule has 0 spiro atoms. The highest BCUT2D eigenvalue weighted by molar-refractivity contribution is 7.91. The summed E-state index contributed by atoms with van der Waals surface area (Å²) < 4.78 is 72.2.